The van der Waals surface area contributed by atoms with Crippen molar-refractivity contribution in [2.45, 2.75) is 20.8 Å². The number of hydrogen-bond donors (Lipinski definition) is 0. The number of ketones is 1. The molecule has 1 aliphatic heterocycles. The van der Waals surface area contributed by atoms with Crippen molar-refractivity contribution in [2.24, 2.45) is 11.3 Å². The minimum atomic E-state index is 0.0370. The van der Waals surface area contributed by atoms with Gasteiger partial charge in [-0.15, -0.1) is 0 Å². The molecule has 10 heavy (non-hydrogen) atoms. The highest BCUT2D eigenvalue weighted by Gasteiger charge is 2.35. The number of rotatable bonds is 0. The van der Waals surface area contributed by atoms with Crippen LogP contribution in [0, 0.1) is 11.3 Å². The second-order valence-electron chi connectivity index (χ2n) is 3.67. The fraction of sp³-hybridized carbons (Fsp3) is 0.875. The van der Waals surface area contributed by atoms with Crippen LogP contribution >= 0.6 is 0 Å². The summed E-state index contributed by atoms with van der Waals surface area (Å²) in [5.41, 5.74) is 0.0370. The minimum absolute atomic E-state index is 0.0370. The maximum atomic E-state index is 11.1. The fourth-order valence-corrected chi connectivity index (χ4v) is 1.10. The molecule has 0 bridgehead atoms. The zero-order valence-electron chi connectivity index (χ0n) is 6.81. The third-order valence-electron chi connectivity index (χ3n) is 2.37. The van der Waals surface area contributed by atoms with Crippen molar-refractivity contribution in [3.05, 3.63) is 0 Å². The molecular formula is C8H14O2. The van der Waals surface area contributed by atoms with Crippen LogP contribution in [-0.2, 0) is 9.53 Å². The Morgan fingerprint density at radius 3 is 2.60 bits per heavy atom. The van der Waals surface area contributed by atoms with E-state index < -0.39 is 0 Å². The molecule has 0 saturated carbocycles. The summed E-state index contributed by atoms with van der Waals surface area (Å²) in [5, 5.41) is 0. The van der Waals surface area contributed by atoms with E-state index in [-0.39, 0.29) is 17.1 Å². The van der Waals surface area contributed by atoms with E-state index in [4.69, 9.17) is 4.74 Å². The molecule has 1 unspecified atom stereocenters. The zero-order valence-corrected chi connectivity index (χ0v) is 6.81. The van der Waals surface area contributed by atoms with Crippen LogP contribution in [0.4, 0.5) is 0 Å². The molecular weight excluding hydrogens is 128 g/mol. The van der Waals surface area contributed by atoms with Crippen LogP contribution in [0.15, 0.2) is 0 Å². The predicted molar refractivity (Wildman–Crippen MR) is 38.8 cm³/mol. The van der Waals surface area contributed by atoms with Crippen LogP contribution in [0.3, 0.4) is 0 Å². The van der Waals surface area contributed by atoms with Gasteiger partial charge >= 0.3 is 0 Å². The van der Waals surface area contributed by atoms with Crippen LogP contribution in [0.1, 0.15) is 20.8 Å². The molecule has 0 N–H and O–H groups in total. The Kier molecular flexibility index (Phi) is 1.82. The molecule has 1 saturated heterocycles. The molecule has 58 valence electrons. The normalized spacial score (nSPS) is 32.3. The van der Waals surface area contributed by atoms with Gasteiger partial charge in [0, 0.05) is 5.92 Å². The van der Waals surface area contributed by atoms with Gasteiger partial charge in [0.25, 0.3) is 0 Å². The third kappa shape index (κ3) is 1.21. The topological polar surface area (TPSA) is 26.3 Å². The molecule has 1 fully saturated rings. The van der Waals surface area contributed by atoms with Gasteiger partial charge in [-0.2, -0.15) is 0 Å². The zero-order chi connectivity index (χ0) is 7.78. The number of carbonyl (C=O) groups excluding carboxylic acids is 1. The highest BCUT2D eigenvalue weighted by atomic mass is 16.5. The average Bonchev–Trinajstić information content (AvgIpc) is 1.83. The first-order chi connectivity index (χ1) is 4.54. The molecule has 0 spiro atoms. The van der Waals surface area contributed by atoms with E-state index in [2.05, 4.69) is 13.8 Å². The minimum Gasteiger partial charge on any atom is -0.373 e. The van der Waals surface area contributed by atoms with E-state index in [1.165, 1.54) is 0 Å². The molecule has 1 aliphatic rings. The maximum absolute atomic E-state index is 11.1. The third-order valence-corrected chi connectivity index (χ3v) is 2.37. The van der Waals surface area contributed by atoms with E-state index in [0.29, 0.717) is 13.2 Å². The molecule has 2 nitrogen and oxygen atoms in total. The lowest BCUT2D eigenvalue weighted by atomic mass is 9.77. The molecule has 0 amide bonds. The number of carbonyl (C=O) groups is 1. The molecule has 0 aromatic carbocycles. The van der Waals surface area contributed by atoms with Crippen LogP contribution in [0.25, 0.3) is 0 Å². The average molecular weight is 142 g/mol. The lowest BCUT2D eigenvalue weighted by molar-refractivity contribution is -0.141. The highest BCUT2D eigenvalue weighted by Crippen LogP contribution is 2.30. The standard InChI is InChI=1S/C8H14O2/c1-6-7(9)4-10-5-8(6,2)3/h6H,4-5H2,1-3H3. The van der Waals surface area contributed by atoms with E-state index in [1.54, 1.807) is 0 Å². The molecule has 2 heteroatoms. The molecule has 1 heterocycles. The van der Waals surface area contributed by atoms with Crippen molar-refractivity contribution in [1.82, 2.24) is 0 Å². The monoisotopic (exact) mass is 142 g/mol. The largest absolute Gasteiger partial charge is 0.373 e. The van der Waals surface area contributed by atoms with Crippen LogP contribution < -0.4 is 0 Å². The van der Waals surface area contributed by atoms with Gasteiger partial charge in [0.1, 0.15) is 6.61 Å². The van der Waals surface area contributed by atoms with Gasteiger partial charge in [0.05, 0.1) is 6.61 Å². The second kappa shape index (κ2) is 2.35. The Morgan fingerprint density at radius 1 is 1.60 bits per heavy atom. The smallest absolute Gasteiger partial charge is 0.161 e. The number of ether oxygens (including phenoxy) is 1. The summed E-state index contributed by atoms with van der Waals surface area (Å²) in [5.74, 6) is 0.387. The summed E-state index contributed by atoms with van der Waals surface area (Å²) in [6, 6.07) is 0. The first kappa shape index (κ1) is 7.73. The first-order valence-electron chi connectivity index (χ1n) is 3.64. The van der Waals surface area contributed by atoms with Crippen LogP contribution in [-0.4, -0.2) is 19.0 Å². The second-order valence-corrected chi connectivity index (χ2v) is 3.67. The Bertz CT molecular complexity index is 149. The van der Waals surface area contributed by atoms with Crippen molar-refractivity contribution in [2.75, 3.05) is 13.2 Å². The Labute approximate surface area is 61.6 Å². The van der Waals surface area contributed by atoms with Gasteiger partial charge in [0.2, 0.25) is 0 Å². The van der Waals surface area contributed by atoms with Gasteiger partial charge in [0.15, 0.2) is 5.78 Å². The summed E-state index contributed by atoms with van der Waals surface area (Å²) in [6.45, 7) is 7.12. The summed E-state index contributed by atoms with van der Waals surface area (Å²) in [4.78, 5) is 11.1. The first-order valence-corrected chi connectivity index (χ1v) is 3.64. The van der Waals surface area contributed by atoms with Crippen molar-refractivity contribution >= 4 is 5.78 Å². The summed E-state index contributed by atoms with van der Waals surface area (Å²) in [6.07, 6.45) is 0. The van der Waals surface area contributed by atoms with Crippen molar-refractivity contribution in [3.8, 4) is 0 Å². The van der Waals surface area contributed by atoms with Gasteiger partial charge in [-0.25, -0.2) is 0 Å². The summed E-state index contributed by atoms with van der Waals surface area (Å²) in [7, 11) is 0. The Balaban J connectivity index is 2.69. The number of hydrogen-bond acceptors (Lipinski definition) is 2. The fourth-order valence-electron chi connectivity index (χ4n) is 1.10. The van der Waals surface area contributed by atoms with E-state index in [1.807, 2.05) is 6.92 Å². The summed E-state index contributed by atoms with van der Waals surface area (Å²) >= 11 is 0. The Hall–Kier alpha value is -0.370. The van der Waals surface area contributed by atoms with Crippen LogP contribution in [0.5, 0.6) is 0 Å². The van der Waals surface area contributed by atoms with Crippen molar-refractivity contribution in [3.63, 3.8) is 0 Å². The van der Waals surface area contributed by atoms with Gasteiger partial charge in [-0.3, -0.25) is 4.79 Å². The maximum Gasteiger partial charge on any atom is 0.161 e. The molecule has 0 aliphatic carbocycles. The molecule has 0 aromatic rings. The van der Waals surface area contributed by atoms with E-state index >= 15 is 0 Å². The molecule has 1 atom stereocenters. The quantitative estimate of drug-likeness (QED) is 0.508. The number of Topliss-reactive ketones (excluding diaryl/α,β-unsaturated/α-hetero) is 1. The van der Waals surface area contributed by atoms with Crippen molar-refractivity contribution in [1.29, 1.82) is 0 Å². The lowest BCUT2D eigenvalue weighted by Crippen LogP contribution is -2.40. The van der Waals surface area contributed by atoms with Crippen molar-refractivity contribution < 1.29 is 9.53 Å². The Morgan fingerprint density at radius 2 is 2.20 bits per heavy atom. The van der Waals surface area contributed by atoms with Gasteiger partial charge < -0.3 is 4.74 Å². The molecule has 0 aromatic heterocycles. The highest BCUT2D eigenvalue weighted by molar-refractivity contribution is 5.83. The molecule has 0 radical (unpaired) electrons. The SMILES string of the molecule is CC1C(=O)COCC1(C)C. The summed E-state index contributed by atoms with van der Waals surface area (Å²) < 4.78 is 5.12. The molecule has 1 rings (SSSR count). The van der Waals surface area contributed by atoms with E-state index in [0.717, 1.165) is 0 Å². The van der Waals surface area contributed by atoms with Gasteiger partial charge in [-0.05, 0) is 5.41 Å². The predicted octanol–water partition coefficient (Wildman–Crippen LogP) is 1.25. The van der Waals surface area contributed by atoms with E-state index in [9.17, 15) is 4.79 Å². The van der Waals surface area contributed by atoms with Gasteiger partial charge in [-0.1, -0.05) is 20.8 Å². The van der Waals surface area contributed by atoms with Crippen LogP contribution in [0.2, 0.25) is 0 Å². The lowest BCUT2D eigenvalue weighted by Gasteiger charge is -2.34.